The van der Waals surface area contributed by atoms with Crippen molar-refractivity contribution in [1.29, 1.82) is 0 Å². The van der Waals surface area contributed by atoms with Crippen molar-refractivity contribution in [3.8, 4) is 0 Å². The molecule has 2 N–H and O–H groups in total. The van der Waals surface area contributed by atoms with E-state index >= 15 is 0 Å². The maximum Gasteiger partial charge on any atom is 0.250 e. The van der Waals surface area contributed by atoms with Gasteiger partial charge >= 0.3 is 0 Å². The average Bonchev–Trinajstić information content (AvgIpc) is 3.05. The average molecular weight is 361 g/mol. The minimum absolute atomic E-state index is 0.136. The maximum absolute atomic E-state index is 12.9. The number of carbonyl (C=O) groups is 3. The molecule has 2 aliphatic rings. The number of amides is 3. The van der Waals surface area contributed by atoms with E-state index in [1.54, 1.807) is 23.4 Å². The van der Waals surface area contributed by atoms with E-state index in [9.17, 15) is 19.5 Å². The second-order valence-electron chi connectivity index (χ2n) is 6.87. The lowest BCUT2D eigenvalue weighted by Crippen LogP contribution is -2.74. The van der Waals surface area contributed by atoms with Crippen LogP contribution in [0.2, 0.25) is 0 Å². The van der Waals surface area contributed by atoms with Gasteiger partial charge in [-0.05, 0) is 25.8 Å². The molecule has 3 atom stereocenters. The van der Waals surface area contributed by atoms with Gasteiger partial charge in [0.2, 0.25) is 11.8 Å². The zero-order valence-corrected chi connectivity index (χ0v) is 14.9. The zero-order chi connectivity index (χ0) is 18.9. The van der Waals surface area contributed by atoms with E-state index in [4.69, 9.17) is 0 Å². The Morgan fingerprint density at radius 3 is 2.65 bits per heavy atom. The monoisotopic (exact) mass is 361 g/mol. The van der Waals surface area contributed by atoms with Crippen LogP contribution >= 0.6 is 0 Å². The van der Waals surface area contributed by atoms with Crippen molar-refractivity contribution in [3.05, 3.63) is 24.3 Å². The Hall–Kier alpha value is -2.55. The highest BCUT2D eigenvalue weighted by atomic mass is 16.3. The molecular weight excluding hydrogens is 338 g/mol. The topological polar surface area (TPSA) is 116 Å². The molecule has 2 fully saturated rings. The van der Waals surface area contributed by atoms with E-state index in [0.29, 0.717) is 38.3 Å². The first-order chi connectivity index (χ1) is 12.3. The van der Waals surface area contributed by atoms with E-state index < -0.39 is 29.5 Å². The van der Waals surface area contributed by atoms with Gasteiger partial charge in [0, 0.05) is 25.9 Å². The van der Waals surface area contributed by atoms with Crippen LogP contribution in [0.25, 0.3) is 0 Å². The minimum Gasteiger partial charge on any atom is -0.391 e. The predicted molar refractivity (Wildman–Crippen MR) is 90.4 cm³/mol. The van der Waals surface area contributed by atoms with Crippen molar-refractivity contribution in [3.63, 3.8) is 0 Å². The van der Waals surface area contributed by atoms with Crippen LogP contribution in [-0.2, 0) is 20.9 Å². The second-order valence-corrected chi connectivity index (χ2v) is 6.87. The Kier molecular flexibility index (Phi) is 4.90. The smallest absolute Gasteiger partial charge is 0.250 e. The number of carbonyl (C=O) groups excluding carboxylic acids is 3. The molecule has 26 heavy (non-hydrogen) atoms. The Morgan fingerprint density at radius 2 is 2.08 bits per heavy atom. The SMILES string of the molecule is CC(=O)NC(C(=O)N1CCCC12CN(Cc1ncccn1)C2=O)C(C)O. The molecular formula is C17H23N5O4. The fourth-order valence-electron chi connectivity index (χ4n) is 3.73. The number of aromatic nitrogens is 2. The highest BCUT2D eigenvalue weighted by Gasteiger charge is 2.60. The lowest BCUT2D eigenvalue weighted by Gasteiger charge is -2.51. The number of aliphatic hydroxyl groups excluding tert-OH is 1. The van der Waals surface area contributed by atoms with Gasteiger partial charge in [0.05, 0.1) is 19.2 Å². The second kappa shape index (κ2) is 6.99. The van der Waals surface area contributed by atoms with Crippen LogP contribution < -0.4 is 5.32 Å². The van der Waals surface area contributed by atoms with Crippen LogP contribution in [0.15, 0.2) is 18.5 Å². The Morgan fingerprint density at radius 1 is 1.38 bits per heavy atom. The maximum atomic E-state index is 12.9. The van der Waals surface area contributed by atoms with Crippen molar-refractivity contribution in [2.45, 2.75) is 50.9 Å². The Labute approximate surface area is 151 Å². The molecule has 9 heteroatoms. The molecule has 3 unspecified atom stereocenters. The molecule has 0 saturated carbocycles. The molecule has 1 aromatic rings. The summed E-state index contributed by atoms with van der Waals surface area (Å²) in [5, 5.41) is 12.4. The molecule has 0 radical (unpaired) electrons. The minimum atomic E-state index is -1.05. The molecule has 140 valence electrons. The van der Waals surface area contributed by atoms with Crippen LogP contribution in [0.5, 0.6) is 0 Å². The summed E-state index contributed by atoms with van der Waals surface area (Å²) in [6.45, 7) is 3.88. The third kappa shape index (κ3) is 3.14. The summed E-state index contributed by atoms with van der Waals surface area (Å²) >= 11 is 0. The summed E-state index contributed by atoms with van der Waals surface area (Å²) in [7, 11) is 0. The predicted octanol–water partition coefficient (Wildman–Crippen LogP) is -0.934. The Balaban J connectivity index is 1.73. The summed E-state index contributed by atoms with van der Waals surface area (Å²) in [6, 6.07) is 0.653. The van der Waals surface area contributed by atoms with Gasteiger partial charge in [-0.3, -0.25) is 14.4 Å². The lowest BCUT2D eigenvalue weighted by atomic mass is 9.85. The van der Waals surface area contributed by atoms with E-state index in [0.717, 1.165) is 0 Å². The van der Waals surface area contributed by atoms with Gasteiger partial charge in [0.25, 0.3) is 5.91 Å². The highest BCUT2D eigenvalue weighted by Crippen LogP contribution is 2.39. The van der Waals surface area contributed by atoms with Crippen molar-refractivity contribution >= 4 is 17.7 Å². The molecule has 3 heterocycles. The number of nitrogens with zero attached hydrogens (tertiary/aromatic N) is 4. The first-order valence-electron chi connectivity index (χ1n) is 8.67. The Bertz CT molecular complexity index is 710. The first-order valence-corrected chi connectivity index (χ1v) is 8.67. The van der Waals surface area contributed by atoms with Crippen molar-refractivity contribution in [2.24, 2.45) is 0 Å². The molecule has 0 aromatic carbocycles. The van der Waals surface area contributed by atoms with Gasteiger partial charge in [-0.2, -0.15) is 0 Å². The van der Waals surface area contributed by atoms with Crippen molar-refractivity contribution in [2.75, 3.05) is 13.1 Å². The number of aliphatic hydroxyl groups is 1. The molecule has 9 nitrogen and oxygen atoms in total. The van der Waals surface area contributed by atoms with Crippen LogP contribution in [0.1, 0.15) is 32.5 Å². The van der Waals surface area contributed by atoms with Crippen LogP contribution in [0.3, 0.4) is 0 Å². The summed E-state index contributed by atoms with van der Waals surface area (Å²) in [5.41, 5.74) is -0.878. The van der Waals surface area contributed by atoms with Crippen LogP contribution in [0, 0.1) is 0 Å². The number of hydrogen-bond acceptors (Lipinski definition) is 6. The fourth-order valence-corrected chi connectivity index (χ4v) is 3.73. The van der Waals surface area contributed by atoms with Gasteiger partial charge in [0.1, 0.15) is 17.4 Å². The van der Waals surface area contributed by atoms with Gasteiger partial charge in [-0.25, -0.2) is 9.97 Å². The summed E-state index contributed by atoms with van der Waals surface area (Å²) in [4.78, 5) is 48.5. The summed E-state index contributed by atoms with van der Waals surface area (Å²) in [5.74, 6) is -0.411. The normalized spacial score (nSPS) is 24.3. The highest BCUT2D eigenvalue weighted by molar-refractivity contribution is 5.99. The quantitative estimate of drug-likeness (QED) is 0.655. The molecule has 2 saturated heterocycles. The number of β-lactam (4-membered cyclic amide) rings is 1. The molecule has 3 rings (SSSR count). The van der Waals surface area contributed by atoms with E-state index in [2.05, 4.69) is 15.3 Å². The molecule has 0 bridgehead atoms. The third-order valence-corrected chi connectivity index (χ3v) is 4.95. The molecule has 2 aliphatic heterocycles. The van der Waals surface area contributed by atoms with Crippen molar-refractivity contribution in [1.82, 2.24) is 25.1 Å². The zero-order valence-electron chi connectivity index (χ0n) is 14.9. The number of nitrogens with one attached hydrogen (secondary N) is 1. The standard InChI is InChI=1S/C17H23N5O4/c1-11(23)14(20-12(2)24)15(25)22-8-3-5-17(22)10-21(16(17)26)9-13-18-6-4-7-19-13/h4,6-7,11,14,23H,3,5,8-10H2,1-2H3,(H,20,24). The van der Waals surface area contributed by atoms with E-state index in [1.165, 1.54) is 18.7 Å². The number of hydrogen-bond donors (Lipinski definition) is 2. The first kappa shape index (κ1) is 18.2. The lowest BCUT2D eigenvalue weighted by molar-refractivity contribution is -0.170. The molecule has 3 amide bonds. The fraction of sp³-hybridized carbons (Fsp3) is 0.588. The van der Waals surface area contributed by atoms with E-state index in [-0.39, 0.29) is 5.91 Å². The number of likely N-dealkylation sites (tertiary alicyclic amines) is 2. The van der Waals surface area contributed by atoms with Gasteiger partial charge in [-0.1, -0.05) is 0 Å². The van der Waals surface area contributed by atoms with E-state index in [1.807, 2.05) is 0 Å². The summed E-state index contributed by atoms with van der Waals surface area (Å²) < 4.78 is 0. The van der Waals surface area contributed by atoms with Gasteiger partial charge in [-0.15, -0.1) is 0 Å². The van der Waals surface area contributed by atoms with Crippen molar-refractivity contribution < 1.29 is 19.5 Å². The molecule has 1 spiro atoms. The van der Waals surface area contributed by atoms with Gasteiger partial charge in [0.15, 0.2) is 0 Å². The third-order valence-electron chi connectivity index (χ3n) is 4.95. The van der Waals surface area contributed by atoms with Crippen LogP contribution in [-0.4, -0.2) is 73.4 Å². The molecule has 1 aromatic heterocycles. The number of rotatable bonds is 5. The van der Waals surface area contributed by atoms with Gasteiger partial charge < -0.3 is 20.2 Å². The largest absolute Gasteiger partial charge is 0.391 e. The molecule has 0 aliphatic carbocycles. The van der Waals surface area contributed by atoms with Crippen LogP contribution in [0.4, 0.5) is 0 Å². The summed E-state index contributed by atoms with van der Waals surface area (Å²) in [6.07, 6.45) is 3.48.